The molecule has 3 N–H and O–H groups in total. The second-order valence-electron chi connectivity index (χ2n) is 6.63. The SMILES string of the molecule is CCNC(=O)COc1cccc(CN=C(NCC)NCc2ccc(C(F)(F)F)cc2)c1. The summed E-state index contributed by atoms with van der Waals surface area (Å²) in [6, 6.07) is 12.3. The van der Waals surface area contributed by atoms with E-state index in [1.54, 1.807) is 6.07 Å². The van der Waals surface area contributed by atoms with Gasteiger partial charge in [-0.05, 0) is 49.2 Å². The molecule has 9 heteroatoms. The van der Waals surface area contributed by atoms with Crippen molar-refractivity contribution in [2.75, 3.05) is 19.7 Å². The minimum atomic E-state index is -4.35. The topological polar surface area (TPSA) is 74.8 Å². The molecule has 0 saturated carbocycles. The third-order valence-electron chi connectivity index (χ3n) is 4.15. The maximum Gasteiger partial charge on any atom is 0.416 e. The fourth-order valence-electron chi connectivity index (χ4n) is 2.64. The third kappa shape index (κ3) is 8.57. The fourth-order valence-corrected chi connectivity index (χ4v) is 2.64. The van der Waals surface area contributed by atoms with Gasteiger partial charge in [0.05, 0.1) is 12.1 Å². The average Bonchev–Trinajstić information content (AvgIpc) is 2.74. The summed E-state index contributed by atoms with van der Waals surface area (Å²) in [6.07, 6.45) is -4.35. The van der Waals surface area contributed by atoms with Gasteiger partial charge in [-0.2, -0.15) is 13.2 Å². The Bertz CT molecular complexity index is 868. The van der Waals surface area contributed by atoms with Crippen LogP contribution in [-0.4, -0.2) is 31.6 Å². The van der Waals surface area contributed by atoms with E-state index in [1.165, 1.54) is 12.1 Å². The number of aliphatic imine (C=N–C) groups is 1. The molecule has 2 rings (SSSR count). The van der Waals surface area contributed by atoms with E-state index in [4.69, 9.17) is 4.74 Å². The van der Waals surface area contributed by atoms with Crippen molar-refractivity contribution >= 4 is 11.9 Å². The Kier molecular flexibility index (Phi) is 9.17. The van der Waals surface area contributed by atoms with Gasteiger partial charge in [0.15, 0.2) is 12.6 Å². The van der Waals surface area contributed by atoms with Gasteiger partial charge in [0.2, 0.25) is 0 Å². The van der Waals surface area contributed by atoms with Gasteiger partial charge in [-0.15, -0.1) is 0 Å². The summed E-state index contributed by atoms with van der Waals surface area (Å²) in [5.41, 5.74) is 0.922. The van der Waals surface area contributed by atoms with Gasteiger partial charge in [0, 0.05) is 19.6 Å². The molecular weight excluding hydrogens is 409 g/mol. The Balaban J connectivity index is 1.95. The second-order valence-corrected chi connectivity index (χ2v) is 6.63. The van der Waals surface area contributed by atoms with Gasteiger partial charge in [0.1, 0.15) is 5.75 Å². The van der Waals surface area contributed by atoms with Crippen molar-refractivity contribution in [3.8, 4) is 5.75 Å². The maximum atomic E-state index is 12.7. The molecule has 0 aliphatic carbocycles. The number of nitrogens with zero attached hydrogens (tertiary/aromatic N) is 1. The van der Waals surface area contributed by atoms with Crippen molar-refractivity contribution in [2.24, 2.45) is 4.99 Å². The molecule has 2 aromatic rings. The Morgan fingerprint density at radius 2 is 1.68 bits per heavy atom. The van der Waals surface area contributed by atoms with Crippen LogP contribution < -0.4 is 20.7 Å². The van der Waals surface area contributed by atoms with E-state index in [1.807, 2.05) is 32.0 Å². The summed E-state index contributed by atoms with van der Waals surface area (Å²) in [6.45, 7) is 5.57. The van der Waals surface area contributed by atoms with Gasteiger partial charge < -0.3 is 20.7 Å². The van der Waals surface area contributed by atoms with E-state index in [0.29, 0.717) is 43.5 Å². The predicted octanol–water partition coefficient (Wildman–Crippen LogP) is 3.48. The Hall–Kier alpha value is -3.23. The standard InChI is InChI=1S/C22H27F3N4O2/c1-3-26-20(30)15-31-19-7-5-6-17(12-19)14-29-21(27-4-2)28-13-16-8-10-18(11-9-16)22(23,24)25/h5-12H,3-4,13-15H2,1-2H3,(H,26,30)(H2,27,28,29). The number of ether oxygens (including phenoxy) is 1. The van der Waals surface area contributed by atoms with Crippen LogP contribution in [0.3, 0.4) is 0 Å². The minimum Gasteiger partial charge on any atom is -0.484 e. The molecule has 168 valence electrons. The predicted molar refractivity (Wildman–Crippen MR) is 114 cm³/mol. The zero-order chi connectivity index (χ0) is 22.7. The highest BCUT2D eigenvalue weighted by Gasteiger charge is 2.29. The Morgan fingerprint density at radius 3 is 2.32 bits per heavy atom. The number of guanidine groups is 1. The van der Waals surface area contributed by atoms with Crippen LogP contribution in [0.15, 0.2) is 53.5 Å². The number of halogens is 3. The molecule has 6 nitrogen and oxygen atoms in total. The Morgan fingerprint density at radius 1 is 0.968 bits per heavy atom. The molecule has 0 spiro atoms. The van der Waals surface area contributed by atoms with Crippen molar-refractivity contribution in [3.05, 3.63) is 65.2 Å². The number of alkyl halides is 3. The number of likely N-dealkylation sites (N-methyl/N-ethyl adjacent to an activating group) is 1. The lowest BCUT2D eigenvalue weighted by molar-refractivity contribution is -0.137. The lowest BCUT2D eigenvalue weighted by atomic mass is 10.1. The molecule has 0 radical (unpaired) electrons. The van der Waals surface area contributed by atoms with Gasteiger partial charge in [0.25, 0.3) is 5.91 Å². The number of rotatable bonds is 9. The van der Waals surface area contributed by atoms with Gasteiger partial charge in [-0.3, -0.25) is 4.79 Å². The molecule has 31 heavy (non-hydrogen) atoms. The molecule has 0 saturated heterocycles. The zero-order valence-corrected chi connectivity index (χ0v) is 17.6. The van der Waals surface area contributed by atoms with E-state index < -0.39 is 11.7 Å². The maximum absolute atomic E-state index is 12.7. The van der Waals surface area contributed by atoms with Crippen LogP contribution in [0.5, 0.6) is 5.75 Å². The minimum absolute atomic E-state index is 0.0577. The van der Waals surface area contributed by atoms with Crippen molar-refractivity contribution in [3.63, 3.8) is 0 Å². The first-order chi connectivity index (χ1) is 14.8. The highest BCUT2D eigenvalue weighted by atomic mass is 19.4. The molecular formula is C22H27F3N4O2. The normalized spacial score (nSPS) is 11.7. The second kappa shape index (κ2) is 11.8. The smallest absolute Gasteiger partial charge is 0.416 e. The van der Waals surface area contributed by atoms with Crippen LogP contribution in [0.1, 0.15) is 30.5 Å². The zero-order valence-electron chi connectivity index (χ0n) is 17.6. The molecule has 0 aliphatic rings. The van der Waals surface area contributed by atoms with E-state index in [9.17, 15) is 18.0 Å². The van der Waals surface area contributed by atoms with Crippen LogP contribution >= 0.6 is 0 Å². The molecule has 0 unspecified atom stereocenters. The number of hydrogen-bond acceptors (Lipinski definition) is 3. The average molecular weight is 436 g/mol. The lowest BCUT2D eigenvalue weighted by Crippen LogP contribution is -2.36. The largest absolute Gasteiger partial charge is 0.484 e. The lowest BCUT2D eigenvalue weighted by Gasteiger charge is -2.12. The number of carbonyl (C=O) groups is 1. The first-order valence-corrected chi connectivity index (χ1v) is 9.98. The van der Waals surface area contributed by atoms with Crippen LogP contribution in [-0.2, 0) is 24.1 Å². The molecule has 0 atom stereocenters. The summed E-state index contributed by atoms with van der Waals surface area (Å²) in [5, 5.41) is 8.87. The van der Waals surface area contributed by atoms with Crippen LogP contribution in [0.25, 0.3) is 0 Å². The monoisotopic (exact) mass is 436 g/mol. The van der Waals surface area contributed by atoms with E-state index in [0.717, 1.165) is 17.7 Å². The molecule has 0 fully saturated rings. The number of carbonyl (C=O) groups excluding carboxylic acids is 1. The van der Waals surface area contributed by atoms with Crippen molar-refractivity contribution < 1.29 is 22.7 Å². The fraction of sp³-hybridized carbons (Fsp3) is 0.364. The molecule has 0 heterocycles. The van der Waals surface area contributed by atoms with Gasteiger partial charge in [-0.1, -0.05) is 24.3 Å². The van der Waals surface area contributed by atoms with Gasteiger partial charge in [-0.25, -0.2) is 4.99 Å². The first kappa shape index (κ1) is 24.0. The van der Waals surface area contributed by atoms with E-state index >= 15 is 0 Å². The van der Waals surface area contributed by atoms with Crippen LogP contribution in [0.4, 0.5) is 13.2 Å². The highest BCUT2D eigenvalue weighted by Crippen LogP contribution is 2.29. The summed E-state index contributed by atoms with van der Waals surface area (Å²) in [4.78, 5) is 16.0. The summed E-state index contributed by atoms with van der Waals surface area (Å²) in [5.74, 6) is 0.922. The molecule has 0 bridgehead atoms. The van der Waals surface area contributed by atoms with Crippen molar-refractivity contribution in [1.82, 2.24) is 16.0 Å². The van der Waals surface area contributed by atoms with Crippen molar-refractivity contribution in [1.29, 1.82) is 0 Å². The highest BCUT2D eigenvalue weighted by molar-refractivity contribution is 5.79. The quantitative estimate of drug-likeness (QED) is 0.416. The number of benzene rings is 2. The first-order valence-electron chi connectivity index (χ1n) is 9.98. The van der Waals surface area contributed by atoms with Crippen LogP contribution in [0, 0.1) is 0 Å². The Labute approximate surface area is 179 Å². The molecule has 2 aromatic carbocycles. The summed E-state index contributed by atoms with van der Waals surface area (Å²) < 4.78 is 43.5. The van der Waals surface area contributed by atoms with E-state index in [-0.39, 0.29) is 12.5 Å². The number of amides is 1. The summed E-state index contributed by atoms with van der Waals surface area (Å²) >= 11 is 0. The molecule has 0 aromatic heterocycles. The van der Waals surface area contributed by atoms with Crippen molar-refractivity contribution in [2.45, 2.75) is 33.1 Å². The third-order valence-corrected chi connectivity index (χ3v) is 4.15. The number of hydrogen-bond donors (Lipinski definition) is 3. The van der Waals surface area contributed by atoms with E-state index in [2.05, 4.69) is 20.9 Å². The summed E-state index contributed by atoms with van der Waals surface area (Å²) in [7, 11) is 0. The molecule has 1 amide bonds. The van der Waals surface area contributed by atoms with Crippen LogP contribution in [0.2, 0.25) is 0 Å². The molecule has 0 aliphatic heterocycles. The number of nitrogens with one attached hydrogen (secondary N) is 3. The van der Waals surface area contributed by atoms with Gasteiger partial charge >= 0.3 is 6.18 Å².